The zero-order chi connectivity index (χ0) is 16.5. The van der Waals surface area contributed by atoms with Crippen molar-refractivity contribution < 1.29 is 19.1 Å². The highest BCUT2D eigenvalue weighted by Crippen LogP contribution is 2.22. The van der Waals surface area contributed by atoms with E-state index in [9.17, 15) is 14.4 Å². The van der Waals surface area contributed by atoms with Gasteiger partial charge in [-0.05, 0) is 39.8 Å². The molecule has 0 aliphatic carbocycles. The molecule has 1 aliphatic heterocycles. The Bertz CT molecular complexity index is 584. The molecule has 1 aromatic rings. The summed E-state index contributed by atoms with van der Waals surface area (Å²) in [4.78, 5) is 37.2. The molecule has 0 saturated carbocycles. The average Bonchev–Trinajstić information content (AvgIpc) is 2.62. The molecule has 1 aromatic carbocycles. The van der Waals surface area contributed by atoms with Crippen LogP contribution in [0.5, 0.6) is 0 Å². The molecule has 1 aliphatic rings. The maximum Gasteiger partial charge on any atom is 0.407 e. The second kappa shape index (κ2) is 5.79. The van der Waals surface area contributed by atoms with Crippen molar-refractivity contribution in [3.63, 3.8) is 0 Å². The molecular formula is C16H20N2O4. The highest BCUT2D eigenvalue weighted by Gasteiger charge is 2.36. The van der Waals surface area contributed by atoms with E-state index < -0.39 is 17.7 Å². The summed E-state index contributed by atoms with van der Waals surface area (Å²) in [6, 6.07) is 6.66. The molecule has 6 nitrogen and oxygen atoms in total. The molecule has 22 heavy (non-hydrogen) atoms. The van der Waals surface area contributed by atoms with Gasteiger partial charge in [-0.1, -0.05) is 12.1 Å². The van der Waals surface area contributed by atoms with Crippen LogP contribution >= 0.6 is 0 Å². The van der Waals surface area contributed by atoms with Crippen LogP contribution in [0.25, 0.3) is 0 Å². The lowest BCUT2D eigenvalue weighted by atomic mass is 10.1. The normalized spacial score (nSPS) is 15.5. The minimum atomic E-state index is -0.593. The molecule has 1 atom stereocenters. The Morgan fingerprint density at radius 2 is 1.68 bits per heavy atom. The lowest BCUT2D eigenvalue weighted by Crippen LogP contribution is -2.44. The van der Waals surface area contributed by atoms with E-state index in [0.717, 1.165) is 4.90 Å². The number of nitrogens with zero attached hydrogens (tertiary/aromatic N) is 1. The van der Waals surface area contributed by atoms with Crippen LogP contribution in [0.15, 0.2) is 24.3 Å². The second-order valence-corrected chi connectivity index (χ2v) is 6.36. The number of imide groups is 1. The van der Waals surface area contributed by atoms with Crippen molar-refractivity contribution in [1.82, 2.24) is 10.2 Å². The van der Waals surface area contributed by atoms with Gasteiger partial charge in [-0.3, -0.25) is 14.5 Å². The monoisotopic (exact) mass is 304 g/mol. The summed E-state index contributed by atoms with van der Waals surface area (Å²) >= 11 is 0. The molecule has 0 radical (unpaired) electrons. The Morgan fingerprint density at radius 3 is 2.14 bits per heavy atom. The molecule has 0 saturated heterocycles. The van der Waals surface area contributed by atoms with Crippen LogP contribution in [0.1, 0.15) is 48.4 Å². The van der Waals surface area contributed by atoms with Gasteiger partial charge in [0.05, 0.1) is 17.7 Å². The van der Waals surface area contributed by atoms with Crippen LogP contribution in [-0.4, -0.2) is 41.0 Å². The topological polar surface area (TPSA) is 75.7 Å². The largest absolute Gasteiger partial charge is 0.445 e. The van der Waals surface area contributed by atoms with Gasteiger partial charge >= 0.3 is 6.09 Å². The van der Waals surface area contributed by atoms with E-state index >= 15 is 0 Å². The molecule has 3 amide bonds. The first-order valence-corrected chi connectivity index (χ1v) is 7.13. The second-order valence-electron chi connectivity index (χ2n) is 6.36. The van der Waals surface area contributed by atoms with E-state index in [4.69, 9.17) is 4.74 Å². The highest BCUT2D eigenvalue weighted by atomic mass is 16.6. The van der Waals surface area contributed by atoms with E-state index in [0.29, 0.717) is 11.1 Å². The molecule has 1 heterocycles. The predicted octanol–water partition coefficient (Wildman–Crippen LogP) is 2.20. The predicted molar refractivity (Wildman–Crippen MR) is 80.6 cm³/mol. The van der Waals surface area contributed by atoms with Gasteiger partial charge in [-0.2, -0.15) is 0 Å². The van der Waals surface area contributed by atoms with Crippen molar-refractivity contribution in [3.8, 4) is 0 Å². The minimum absolute atomic E-state index is 0.0317. The Hall–Kier alpha value is -2.37. The molecule has 2 rings (SSSR count). The van der Waals surface area contributed by atoms with Gasteiger partial charge in [-0.25, -0.2) is 4.79 Å². The third-order valence-electron chi connectivity index (χ3n) is 3.10. The molecule has 118 valence electrons. The van der Waals surface area contributed by atoms with Gasteiger partial charge in [0, 0.05) is 5.54 Å². The third kappa shape index (κ3) is 3.44. The minimum Gasteiger partial charge on any atom is -0.445 e. The fraction of sp³-hybridized carbons (Fsp3) is 0.438. The van der Waals surface area contributed by atoms with Crippen LogP contribution in [0.3, 0.4) is 0 Å². The number of fused-ring (bicyclic) bond motifs is 1. The summed E-state index contributed by atoms with van der Waals surface area (Å²) in [5.74, 6) is -0.709. The lowest BCUT2D eigenvalue weighted by molar-refractivity contribution is 0.0492. The number of ether oxygens (including phenoxy) is 1. The summed E-state index contributed by atoms with van der Waals surface area (Å²) in [5.41, 5.74) is 0.365. The van der Waals surface area contributed by atoms with E-state index in [1.807, 2.05) is 20.8 Å². The molecule has 0 fully saturated rings. The summed E-state index contributed by atoms with van der Waals surface area (Å²) in [6.07, 6.45) is -1.17. The number of carbonyl (C=O) groups is 3. The summed E-state index contributed by atoms with van der Waals surface area (Å²) in [7, 11) is 0. The molecule has 1 N–H and O–H groups in total. The van der Waals surface area contributed by atoms with E-state index in [2.05, 4.69) is 5.32 Å². The maximum absolute atomic E-state index is 12.2. The van der Waals surface area contributed by atoms with E-state index in [-0.39, 0.29) is 18.4 Å². The number of hydrogen-bond acceptors (Lipinski definition) is 4. The van der Waals surface area contributed by atoms with Gasteiger partial charge in [0.2, 0.25) is 0 Å². The summed E-state index contributed by atoms with van der Waals surface area (Å²) < 4.78 is 5.19. The number of alkyl carbamates (subject to hydrolysis) is 1. The maximum atomic E-state index is 12.2. The number of amides is 3. The van der Waals surface area contributed by atoms with Crippen molar-refractivity contribution in [3.05, 3.63) is 35.4 Å². The van der Waals surface area contributed by atoms with Crippen molar-refractivity contribution >= 4 is 17.9 Å². The SMILES string of the molecule is CC(CN1C(=O)c2ccccc2C1=O)OC(=O)NC(C)(C)C. The molecule has 0 spiro atoms. The Balaban J connectivity index is 1.99. The molecular weight excluding hydrogens is 284 g/mol. The zero-order valence-electron chi connectivity index (χ0n) is 13.2. The molecule has 6 heteroatoms. The number of carbonyl (C=O) groups excluding carboxylic acids is 3. The third-order valence-corrected chi connectivity index (χ3v) is 3.10. The number of rotatable bonds is 3. The first-order valence-electron chi connectivity index (χ1n) is 7.13. The van der Waals surface area contributed by atoms with Crippen molar-refractivity contribution in [2.24, 2.45) is 0 Å². The number of benzene rings is 1. The molecule has 0 bridgehead atoms. The van der Waals surface area contributed by atoms with Gasteiger partial charge in [0.1, 0.15) is 6.10 Å². The Kier molecular flexibility index (Phi) is 4.21. The van der Waals surface area contributed by atoms with Crippen molar-refractivity contribution in [1.29, 1.82) is 0 Å². The van der Waals surface area contributed by atoms with Crippen molar-refractivity contribution in [2.45, 2.75) is 39.3 Å². The summed E-state index contributed by atoms with van der Waals surface area (Å²) in [5, 5.41) is 2.66. The lowest BCUT2D eigenvalue weighted by Gasteiger charge is -2.24. The fourth-order valence-corrected chi connectivity index (χ4v) is 2.22. The standard InChI is InChI=1S/C16H20N2O4/c1-10(22-15(21)17-16(2,3)4)9-18-13(19)11-7-5-6-8-12(11)14(18)20/h5-8,10H,9H2,1-4H3,(H,17,21). The highest BCUT2D eigenvalue weighted by molar-refractivity contribution is 6.21. The van der Waals surface area contributed by atoms with Gasteiger partial charge in [0.25, 0.3) is 11.8 Å². The molecule has 0 aromatic heterocycles. The van der Waals surface area contributed by atoms with Crippen LogP contribution < -0.4 is 5.32 Å². The number of hydrogen-bond donors (Lipinski definition) is 1. The fourth-order valence-electron chi connectivity index (χ4n) is 2.22. The van der Waals surface area contributed by atoms with Crippen molar-refractivity contribution in [2.75, 3.05) is 6.54 Å². The first-order chi connectivity index (χ1) is 10.2. The van der Waals surface area contributed by atoms with Crippen LogP contribution in [0.4, 0.5) is 4.79 Å². The quantitative estimate of drug-likeness (QED) is 0.869. The summed E-state index contributed by atoms with van der Waals surface area (Å²) in [6.45, 7) is 7.19. The van der Waals surface area contributed by atoms with Gasteiger partial charge in [-0.15, -0.1) is 0 Å². The van der Waals surface area contributed by atoms with Crippen LogP contribution in [0.2, 0.25) is 0 Å². The van der Waals surface area contributed by atoms with E-state index in [1.54, 1.807) is 31.2 Å². The van der Waals surface area contributed by atoms with E-state index in [1.165, 1.54) is 0 Å². The van der Waals surface area contributed by atoms with Crippen LogP contribution in [0, 0.1) is 0 Å². The Morgan fingerprint density at radius 1 is 1.18 bits per heavy atom. The smallest absolute Gasteiger partial charge is 0.407 e. The van der Waals surface area contributed by atoms with Gasteiger partial charge < -0.3 is 10.1 Å². The average molecular weight is 304 g/mol. The Labute approximate surface area is 129 Å². The first kappa shape index (κ1) is 16.0. The van der Waals surface area contributed by atoms with Gasteiger partial charge in [0.15, 0.2) is 0 Å². The number of nitrogens with one attached hydrogen (secondary N) is 1. The van der Waals surface area contributed by atoms with Crippen LogP contribution in [-0.2, 0) is 4.74 Å². The zero-order valence-corrected chi connectivity index (χ0v) is 13.2. The molecule has 1 unspecified atom stereocenters.